The van der Waals surface area contributed by atoms with Gasteiger partial charge in [-0.25, -0.2) is 4.79 Å². The molecule has 0 unspecified atom stereocenters. The van der Waals surface area contributed by atoms with Gasteiger partial charge in [0.05, 0.1) is 12.2 Å². The molecule has 0 aliphatic rings. The van der Waals surface area contributed by atoms with E-state index in [2.05, 4.69) is 22.6 Å². The van der Waals surface area contributed by atoms with Gasteiger partial charge in [0.25, 0.3) is 0 Å². The van der Waals surface area contributed by atoms with Crippen LogP contribution in [-0.2, 0) is 4.74 Å². The number of hydrogen-bond donors (Lipinski definition) is 0. The van der Waals surface area contributed by atoms with Crippen LogP contribution in [0.1, 0.15) is 33.2 Å². The maximum atomic E-state index is 12.4. The monoisotopic (exact) mass is 380 g/mol. The van der Waals surface area contributed by atoms with E-state index in [-0.39, 0.29) is 5.78 Å². The van der Waals surface area contributed by atoms with E-state index in [0.29, 0.717) is 23.3 Å². The Bertz CT molecular complexity index is 635. The van der Waals surface area contributed by atoms with Gasteiger partial charge in [-0.05, 0) is 47.7 Å². The molecular weight excluding hydrogens is 367 g/mol. The van der Waals surface area contributed by atoms with Gasteiger partial charge in [-0.2, -0.15) is 0 Å². The zero-order valence-electron chi connectivity index (χ0n) is 10.9. The van der Waals surface area contributed by atoms with Crippen LogP contribution in [0.4, 0.5) is 0 Å². The zero-order chi connectivity index (χ0) is 14.5. The maximum Gasteiger partial charge on any atom is 0.338 e. The summed E-state index contributed by atoms with van der Waals surface area (Å²) in [6.07, 6.45) is 0. The minimum atomic E-state index is -0.411. The first kappa shape index (κ1) is 14.7. The Kier molecular flexibility index (Phi) is 4.89. The number of carbonyl (C=O) groups excluding carboxylic acids is 2. The molecule has 4 heteroatoms. The molecule has 0 fully saturated rings. The molecule has 0 atom stereocenters. The van der Waals surface area contributed by atoms with Crippen molar-refractivity contribution in [3.63, 3.8) is 0 Å². The number of benzene rings is 2. The third-order valence-corrected chi connectivity index (χ3v) is 3.70. The fourth-order valence-corrected chi connectivity index (χ4v) is 2.37. The second-order valence-electron chi connectivity index (χ2n) is 4.11. The molecule has 0 radical (unpaired) electrons. The van der Waals surface area contributed by atoms with Gasteiger partial charge in [-0.15, -0.1) is 0 Å². The first-order valence-corrected chi connectivity index (χ1v) is 7.27. The first-order valence-electron chi connectivity index (χ1n) is 6.20. The third-order valence-electron chi connectivity index (χ3n) is 2.76. The molecule has 0 saturated carbocycles. The van der Waals surface area contributed by atoms with E-state index in [9.17, 15) is 9.59 Å². The summed E-state index contributed by atoms with van der Waals surface area (Å²) in [6, 6.07) is 14.0. The fourth-order valence-electron chi connectivity index (χ4n) is 1.79. The molecule has 102 valence electrons. The maximum absolute atomic E-state index is 12.4. The van der Waals surface area contributed by atoms with Crippen LogP contribution >= 0.6 is 22.6 Å². The highest BCUT2D eigenvalue weighted by Gasteiger charge is 2.15. The van der Waals surface area contributed by atoms with E-state index in [1.165, 1.54) is 0 Å². The highest BCUT2D eigenvalue weighted by atomic mass is 127. The van der Waals surface area contributed by atoms with Crippen molar-refractivity contribution in [2.24, 2.45) is 0 Å². The molecule has 0 heterocycles. The van der Waals surface area contributed by atoms with Crippen molar-refractivity contribution < 1.29 is 14.3 Å². The normalized spacial score (nSPS) is 10.1. The summed E-state index contributed by atoms with van der Waals surface area (Å²) in [5.41, 5.74) is 1.51. The molecule has 0 aliphatic carbocycles. The van der Waals surface area contributed by atoms with E-state index in [1.807, 2.05) is 18.2 Å². The Hall–Kier alpha value is -1.69. The second-order valence-corrected chi connectivity index (χ2v) is 5.27. The smallest absolute Gasteiger partial charge is 0.338 e. The molecule has 0 bridgehead atoms. The van der Waals surface area contributed by atoms with E-state index in [4.69, 9.17) is 4.74 Å². The lowest BCUT2D eigenvalue weighted by molar-refractivity contribution is 0.0526. The van der Waals surface area contributed by atoms with Gasteiger partial charge in [-0.3, -0.25) is 4.79 Å². The van der Waals surface area contributed by atoms with Crippen molar-refractivity contribution in [2.45, 2.75) is 6.92 Å². The van der Waals surface area contributed by atoms with Crippen molar-refractivity contribution in [3.8, 4) is 0 Å². The third kappa shape index (κ3) is 3.25. The molecule has 3 nitrogen and oxygen atoms in total. The molecule has 0 amide bonds. The van der Waals surface area contributed by atoms with E-state index >= 15 is 0 Å². The van der Waals surface area contributed by atoms with Gasteiger partial charge in [0.2, 0.25) is 0 Å². The van der Waals surface area contributed by atoms with Crippen LogP contribution in [0.25, 0.3) is 0 Å². The molecule has 0 spiro atoms. The second kappa shape index (κ2) is 6.65. The number of carbonyl (C=O) groups is 2. The number of halogens is 1. The Morgan fingerprint density at radius 3 is 2.40 bits per heavy atom. The molecule has 2 aromatic carbocycles. The van der Waals surface area contributed by atoms with Gasteiger partial charge < -0.3 is 4.74 Å². The van der Waals surface area contributed by atoms with Crippen LogP contribution in [0, 0.1) is 3.57 Å². The molecule has 2 rings (SSSR count). The summed E-state index contributed by atoms with van der Waals surface area (Å²) in [4.78, 5) is 24.2. The van der Waals surface area contributed by atoms with Crippen molar-refractivity contribution >= 4 is 34.3 Å². The Morgan fingerprint density at radius 1 is 1.05 bits per heavy atom. The van der Waals surface area contributed by atoms with E-state index in [0.717, 1.165) is 3.57 Å². The quantitative estimate of drug-likeness (QED) is 0.462. The number of ketones is 1. The number of hydrogen-bond acceptors (Lipinski definition) is 3. The lowest BCUT2D eigenvalue weighted by Crippen LogP contribution is -2.09. The van der Waals surface area contributed by atoms with Crippen LogP contribution in [0.15, 0.2) is 48.5 Å². The lowest BCUT2D eigenvalue weighted by Gasteiger charge is -2.07. The van der Waals surface area contributed by atoms with E-state index < -0.39 is 5.97 Å². The molecule has 20 heavy (non-hydrogen) atoms. The minimum absolute atomic E-state index is 0.0962. The van der Waals surface area contributed by atoms with Crippen molar-refractivity contribution in [2.75, 3.05) is 6.61 Å². The standard InChI is InChI=1S/C16H13IO3/c1-2-20-16(19)12-8-9-14(17)13(10-12)15(18)11-6-4-3-5-7-11/h3-10H,2H2,1H3. The van der Waals surface area contributed by atoms with Gasteiger partial charge in [0.15, 0.2) is 5.78 Å². The molecule has 0 aliphatic heterocycles. The summed E-state index contributed by atoms with van der Waals surface area (Å²) in [5, 5.41) is 0. The Balaban J connectivity index is 2.39. The summed E-state index contributed by atoms with van der Waals surface area (Å²) in [7, 11) is 0. The van der Waals surface area contributed by atoms with E-state index in [1.54, 1.807) is 37.3 Å². The molecule has 0 N–H and O–H groups in total. The summed E-state index contributed by atoms with van der Waals surface area (Å²) in [5.74, 6) is -0.507. The first-order chi connectivity index (χ1) is 9.63. The van der Waals surface area contributed by atoms with Crippen LogP contribution < -0.4 is 0 Å². The number of ether oxygens (including phenoxy) is 1. The van der Waals surface area contributed by atoms with Crippen LogP contribution in [0.3, 0.4) is 0 Å². The minimum Gasteiger partial charge on any atom is -0.462 e. The summed E-state index contributed by atoms with van der Waals surface area (Å²) >= 11 is 2.09. The highest BCUT2D eigenvalue weighted by molar-refractivity contribution is 14.1. The van der Waals surface area contributed by atoms with Crippen LogP contribution in [-0.4, -0.2) is 18.4 Å². The van der Waals surface area contributed by atoms with Crippen LogP contribution in [0.5, 0.6) is 0 Å². The largest absolute Gasteiger partial charge is 0.462 e. The average Bonchev–Trinajstić information content (AvgIpc) is 2.48. The fraction of sp³-hybridized carbons (Fsp3) is 0.125. The predicted molar refractivity (Wildman–Crippen MR) is 85.0 cm³/mol. The van der Waals surface area contributed by atoms with Crippen molar-refractivity contribution in [3.05, 3.63) is 68.8 Å². The molecule has 0 saturated heterocycles. The van der Waals surface area contributed by atoms with Gasteiger partial charge in [0, 0.05) is 14.7 Å². The zero-order valence-corrected chi connectivity index (χ0v) is 13.1. The summed E-state index contributed by atoms with van der Waals surface area (Å²) in [6.45, 7) is 2.06. The summed E-state index contributed by atoms with van der Waals surface area (Å²) < 4.78 is 5.77. The van der Waals surface area contributed by atoms with Crippen LogP contribution in [0.2, 0.25) is 0 Å². The number of rotatable bonds is 4. The van der Waals surface area contributed by atoms with Crippen molar-refractivity contribution in [1.29, 1.82) is 0 Å². The highest BCUT2D eigenvalue weighted by Crippen LogP contribution is 2.19. The SMILES string of the molecule is CCOC(=O)c1ccc(I)c(C(=O)c2ccccc2)c1. The Morgan fingerprint density at radius 2 is 1.75 bits per heavy atom. The number of esters is 1. The topological polar surface area (TPSA) is 43.4 Å². The van der Waals surface area contributed by atoms with Gasteiger partial charge in [-0.1, -0.05) is 30.3 Å². The molecule has 0 aromatic heterocycles. The van der Waals surface area contributed by atoms with Gasteiger partial charge >= 0.3 is 5.97 Å². The average molecular weight is 380 g/mol. The lowest BCUT2D eigenvalue weighted by atomic mass is 10.0. The van der Waals surface area contributed by atoms with Gasteiger partial charge in [0.1, 0.15) is 0 Å². The Labute approximate surface area is 131 Å². The molecular formula is C16H13IO3. The van der Waals surface area contributed by atoms with Crippen molar-refractivity contribution in [1.82, 2.24) is 0 Å². The molecule has 2 aromatic rings. The predicted octanol–water partition coefficient (Wildman–Crippen LogP) is 3.70.